The lowest BCUT2D eigenvalue weighted by Crippen LogP contribution is -2.47. The van der Waals surface area contributed by atoms with Crippen LogP contribution in [0.1, 0.15) is 24.2 Å². The van der Waals surface area contributed by atoms with Gasteiger partial charge in [0, 0.05) is 37.4 Å². The summed E-state index contributed by atoms with van der Waals surface area (Å²) in [7, 11) is 4.20. The maximum atomic E-state index is 5.73. The maximum absolute atomic E-state index is 5.73. The Labute approximate surface area is 122 Å². The summed E-state index contributed by atoms with van der Waals surface area (Å²) in [4.78, 5) is 6.96. The van der Waals surface area contributed by atoms with Gasteiger partial charge in [-0.15, -0.1) is 0 Å². The van der Waals surface area contributed by atoms with E-state index in [1.165, 1.54) is 6.42 Å². The SMILES string of the molecule is CNCC1(CN(C)Cc2cccc(C)n2)CCCOC1. The van der Waals surface area contributed by atoms with E-state index >= 15 is 0 Å². The molecular weight excluding hydrogens is 250 g/mol. The molecule has 1 unspecified atom stereocenters. The Morgan fingerprint density at radius 2 is 2.30 bits per heavy atom. The molecule has 1 aliphatic rings. The highest BCUT2D eigenvalue weighted by Crippen LogP contribution is 2.29. The van der Waals surface area contributed by atoms with Crippen LogP contribution >= 0.6 is 0 Å². The number of nitrogens with zero attached hydrogens (tertiary/aromatic N) is 2. The average Bonchev–Trinajstić information content (AvgIpc) is 2.39. The third-order valence-corrected chi connectivity index (χ3v) is 3.94. The van der Waals surface area contributed by atoms with E-state index < -0.39 is 0 Å². The molecule has 0 saturated carbocycles. The monoisotopic (exact) mass is 277 g/mol. The van der Waals surface area contributed by atoms with Crippen LogP contribution in [0.4, 0.5) is 0 Å². The fraction of sp³-hybridized carbons (Fsp3) is 0.688. The Morgan fingerprint density at radius 3 is 2.95 bits per heavy atom. The molecule has 1 atom stereocenters. The van der Waals surface area contributed by atoms with E-state index in [0.717, 1.165) is 50.7 Å². The highest BCUT2D eigenvalue weighted by Gasteiger charge is 2.33. The summed E-state index contributed by atoms with van der Waals surface area (Å²) in [6.45, 7) is 6.77. The molecule has 1 aromatic heterocycles. The first-order valence-corrected chi connectivity index (χ1v) is 7.47. The van der Waals surface area contributed by atoms with Crippen LogP contribution in [0.2, 0.25) is 0 Å². The van der Waals surface area contributed by atoms with Crippen molar-refractivity contribution in [2.45, 2.75) is 26.3 Å². The molecular formula is C16H27N3O. The molecule has 4 heteroatoms. The second-order valence-electron chi connectivity index (χ2n) is 6.13. The van der Waals surface area contributed by atoms with E-state index in [2.05, 4.69) is 34.4 Å². The molecule has 1 N–H and O–H groups in total. The Balaban J connectivity index is 1.95. The minimum atomic E-state index is 0.242. The van der Waals surface area contributed by atoms with Gasteiger partial charge in [-0.05, 0) is 46.0 Å². The normalized spacial score (nSPS) is 23.2. The molecule has 0 bridgehead atoms. The van der Waals surface area contributed by atoms with Gasteiger partial charge in [0.05, 0.1) is 12.3 Å². The largest absolute Gasteiger partial charge is 0.381 e. The van der Waals surface area contributed by atoms with Gasteiger partial charge in [0.2, 0.25) is 0 Å². The molecule has 112 valence electrons. The van der Waals surface area contributed by atoms with E-state index in [4.69, 9.17) is 4.74 Å². The van der Waals surface area contributed by atoms with E-state index in [1.807, 2.05) is 20.0 Å². The summed E-state index contributed by atoms with van der Waals surface area (Å²) in [5, 5.41) is 3.33. The second-order valence-corrected chi connectivity index (χ2v) is 6.13. The van der Waals surface area contributed by atoms with Crippen molar-refractivity contribution in [1.82, 2.24) is 15.2 Å². The molecule has 20 heavy (non-hydrogen) atoms. The summed E-state index contributed by atoms with van der Waals surface area (Å²) in [6, 6.07) is 6.23. The minimum Gasteiger partial charge on any atom is -0.381 e. The lowest BCUT2D eigenvalue weighted by atomic mass is 9.82. The van der Waals surface area contributed by atoms with Crippen molar-refractivity contribution < 1.29 is 4.74 Å². The van der Waals surface area contributed by atoms with Crippen LogP contribution in [-0.2, 0) is 11.3 Å². The lowest BCUT2D eigenvalue weighted by Gasteiger charge is -2.39. The fourth-order valence-electron chi connectivity index (χ4n) is 3.20. The number of aryl methyl sites for hydroxylation is 1. The topological polar surface area (TPSA) is 37.4 Å². The Kier molecular flexibility index (Phi) is 5.52. The molecule has 0 aliphatic carbocycles. The van der Waals surface area contributed by atoms with Crippen LogP contribution in [0.5, 0.6) is 0 Å². The van der Waals surface area contributed by atoms with Crippen molar-refractivity contribution >= 4 is 0 Å². The third kappa shape index (κ3) is 4.27. The summed E-state index contributed by atoms with van der Waals surface area (Å²) in [6.07, 6.45) is 2.40. The van der Waals surface area contributed by atoms with Crippen LogP contribution < -0.4 is 5.32 Å². The number of rotatable bonds is 6. The summed E-state index contributed by atoms with van der Waals surface area (Å²) < 4.78 is 5.73. The Hall–Kier alpha value is -0.970. The number of ether oxygens (including phenoxy) is 1. The number of aromatic nitrogens is 1. The van der Waals surface area contributed by atoms with Gasteiger partial charge < -0.3 is 10.1 Å². The highest BCUT2D eigenvalue weighted by molar-refractivity contribution is 5.09. The van der Waals surface area contributed by atoms with Crippen LogP contribution in [0.15, 0.2) is 18.2 Å². The van der Waals surface area contributed by atoms with Crippen LogP contribution in [0.25, 0.3) is 0 Å². The first-order valence-electron chi connectivity index (χ1n) is 7.47. The molecule has 2 heterocycles. The Bertz CT molecular complexity index is 410. The third-order valence-electron chi connectivity index (χ3n) is 3.94. The molecule has 0 radical (unpaired) electrons. The zero-order valence-electron chi connectivity index (χ0n) is 13.0. The van der Waals surface area contributed by atoms with Gasteiger partial charge in [-0.3, -0.25) is 9.88 Å². The van der Waals surface area contributed by atoms with Gasteiger partial charge in [0.1, 0.15) is 0 Å². The number of hydrogen-bond donors (Lipinski definition) is 1. The molecule has 0 amide bonds. The summed E-state index contributed by atoms with van der Waals surface area (Å²) >= 11 is 0. The molecule has 1 aliphatic heterocycles. The maximum Gasteiger partial charge on any atom is 0.0547 e. The van der Waals surface area contributed by atoms with Gasteiger partial charge in [-0.1, -0.05) is 6.07 Å². The van der Waals surface area contributed by atoms with Crippen molar-refractivity contribution in [2.75, 3.05) is 40.4 Å². The van der Waals surface area contributed by atoms with Gasteiger partial charge in [-0.25, -0.2) is 0 Å². The predicted octanol–water partition coefficient (Wildman–Crippen LogP) is 1.84. The molecule has 0 aromatic carbocycles. The second kappa shape index (κ2) is 7.16. The molecule has 1 saturated heterocycles. The molecule has 4 nitrogen and oxygen atoms in total. The van der Waals surface area contributed by atoms with E-state index in [9.17, 15) is 0 Å². The van der Waals surface area contributed by atoms with Crippen LogP contribution in [0, 0.1) is 12.3 Å². The zero-order valence-corrected chi connectivity index (χ0v) is 13.0. The number of nitrogens with one attached hydrogen (secondary N) is 1. The quantitative estimate of drug-likeness (QED) is 0.861. The Morgan fingerprint density at radius 1 is 1.45 bits per heavy atom. The standard InChI is InChI=1S/C16H27N3O/c1-14-6-4-7-15(18-14)10-19(3)12-16(11-17-2)8-5-9-20-13-16/h4,6-7,17H,5,8-13H2,1-3H3. The van der Waals surface area contributed by atoms with E-state index in [1.54, 1.807) is 0 Å². The van der Waals surface area contributed by atoms with Crippen molar-refractivity contribution in [3.8, 4) is 0 Å². The van der Waals surface area contributed by atoms with E-state index in [-0.39, 0.29) is 5.41 Å². The number of hydrogen-bond acceptors (Lipinski definition) is 4. The highest BCUT2D eigenvalue weighted by atomic mass is 16.5. The summed E-state index contributed by atoms with van der Waals surface area (Å²) in [5.41, 5.74) is 2.47. The van der Waals surface area contributed by atoms with Gasteiger partial charge in [0.25, 0.3) is 0 Å². The van der Waals surface area contributed by atoms with Crippen molar-refractivity contribution in [3.63, 3.8) is 0 Å². The van der Waals surface area contributed by atoms with Crippen molar-refractivity contribution in [3.05, 3.63) is 29.6 Å². The predicted molar refractivity (Wildman–Crippen MR) is 81.7 cm³/mol. The molecule has 0 spiro atoms. The molecule has 2 rings (SSSR count). The molecule has 1 aromatic rings. The van der Waals surface area contributed by atoms with Gasteiger partial charge >= 0.3 is 0 Å². The van der Waals surface area contributed by atoms with Crippen LogP contribution in [-0.4, -0.2) is 50.3 Å². The van der Waals surface area contributed by atoms with Crippen molar-refractivity contribution in [2.24, 2.45) is 5.41 Å². The molecule has 1 fully saturated rings. The van der Waals surface area contributed by atoms with Crippen LogP contribution in [0.3, 0.4) is 0 Å². The number of pyridine rings is 1. The minimum absolute atomic E-state index is 0.242. The zero-order chi connectivity index (χ0) is 14.4. The van der Waals surface area contributed by atoms with Crippen molar-refractivity contribution in [1.29, 1.82) is 0 Å². The first kappa shape index (κ1) is 15.4. The lowest BCUT2D eigenvalue weighted by molar-refractivity contribution is -0.0229. The smallest absolute Gasteiger partial charge is 0.0547 e. The van der Waals surface area contributed by atoms with E-state index in [0.29, 0.717) is 0 Å². The van der Waals surface area contributed by atoms with Gasteiger partial charge in [0.15, 0.2) is 0 Å². The van der Waals surface area contributed by atoms with Gasteiger partial charge in [-0.2, -0.15) is 0 Å². The average molecular weight is 277 g/mol. The summed E-state index contributed by atoms with van der Waals surface area (Å²) in [5.74, 6) is 0. The fourth-order valence-corrected chi connectivity index (χ4v) is 3.20. The first-order chi connectivity index (χ1) is 9.63.